The van der Waals surface area contributed by atoms with Crippen molar-refractivity contribution in [1.29, 1.82) is 0 Å². The quantitative estimate of drug-likeness (QED) is 0.295. The lowest BCUT2D eigenvalue weighted by Gasteiger charge is -2.06. The molecule has 0 saturated heterocycles. The van der Waals surface area contributed by atoms with Gasteiger partial charge in [0.1, 0.15) is 6.54 Å². The van der Waals surface area contributed by atoms with Gasteiger partial charge in [0.15, 0.2) is 0 Å². The Bertz CT molecular complexity index is 802. The number of amides is 1. The van der Waals surface area contributed by atoms with Crippen LogP contribution >= 0.6 is 47.0 Å². The summed E-state index contributed by atoms with van der Waals surface area (Å²) >= 11 is 6.90. The number of hydrogen-bond donors (Lipinski definition) is 1. The van der Waals surface area contributed by atoms with E-state index in [1.54, 1.807) is 47.0 Å². The second-order valence-electron chi connectivity index (χ2n) is 5.50. The Labute approximate surface area is 188 Å². The van der Waals surface area contributed by atoms with Gasteiger partial charge in [0.25, 0.3) is 0 Å². The fourth-order valence-electron chi connectivity index (χ4n) is 1.85. The molecule has 0 bridgehead atoms. The number of hydrogen-bond acceptors (Lipinski definition) is 8. The third-order valence-corrected chi connectivity index (χ3v) is 8.09. The van der Waals surface area contributed by atoms with Crippen molar-refractivity contribution in [1.82, 2.24) is 5.32 Å². The predicted molar refractivity (Wildman–Crippen MR) is 125 cm³/mol. The highest BCUT2D eigenvalue weighted by atomic mass is 32.2. The summed E-state index contributed by atoms with van der Waals surface area (Å²) in [6.07, 6.45) is 2.34. The fraction of sp³-hybridized carbons (Fsp3) is 0.400. The number of unbranched alkanes of at least 4 members (excludes halogenated alkanes) is 2. The Balaban J connectivity index is 1.50. The van der Waals surface area contributed by atoms with Gasteiger partial charge in [-0.15, -0.1) is 0 Å². The van der Waals surface area contributed by atoms with E-state index in [0.29, 0.717) is 19.4 Å². The van der Waals surface area contributed by atoms with E-state index in [2.05, 4.69) is 45.2 Å². The first kappa shape index (κ1) is 23.8. The van der Waals surface area contributed by atoms with Gasteiger partial charge in [-0.1, -0.05) is 59.9 Å². The lowest BCUT2D eigenvalue weighted by molar-refractivity contribution is -0.142. The van der Waals surface area contributed by atoms with Crippen LogP contribution in [0.2, 0.25) is 0 Å². The number of carbonyl (C=O) groups is 2. The monoisotopic (exact) mass is 467 g/mol. The summed E-state index contributed by atoms with van der Waals surface area (Å²) in [6.45, 7) is 2.36. The molecule has 2 rings (SSSR count). The summed E-state index contributed by atoms with van der Waals surface area (Å²) in [6, 6.07) is 0. The standard InChI is InChI=1S/C20H21NO4S4/c1-2-10-24-17(22)14-21-20(23)25-11-8-6-4-3-5-7-9-16-15-28-19(29-16)18-26-12-13-27-18/h12-13,15H,2,4,6,8,10-11,14H2,1H3,(H,21,23). The minimum Gasteiger partial charge on any atom is -0.464 e. The molecule has 154 valence electrons. The van der Waals surface area contributed by atoms with Gasteiger partial charge in [0.05, 0.1) is 26.6 Å². The SMILES string of the molecule is CCCOC(=O)CNC(=O)OCCCCC#CC#CC1=CSC(=C2SC=CS2)S1. The van der Waals surface area contributed by atoms with Gasteiger partial charge in [-0.3, -0.25) is 4.79 Å². The normalized spacial score (nSPS) is 14.4. The third kappa shape index (κ3) is 10.2. The van der Waals surface area contributed by atoms with Crippen LogP contribution in [0.25, 0.3) is 0 Å². The minimum atomic E-state index is -0.616. The molecule has 0 saturated carbocycles. The van der Waals surface area contributed by atoms with E-state index >= 15 is 0 Å². The number of ether oxygens (including phenoxy) is 2. The van der Waals surface area contributed by atoms with Gasteiger partial charge < -0.3 is 14.8 Å². The molecule has 5 nitrogen and oxygen atoms in total. The predicted octanol–water partition coefficient (Wildman–Crippen LogP) is 5.24. The van der Waals surface area contributed by atoms with Crippen LogP contribution in [0.4, 0.5) is 4.79 Å². The third-order valence-electron chi connectivity index (χ3n) is 3.16. The molecule has 2 aliphatic rings. The largest absolute Gasteiger partial charge is 0.464 e. The van der Waals surface area contributed by atoms with E-state index < -0.39 is 12.1 Å². The molecule has 2 aliphatic heterocycles. The molecule has 9 heteroatoms. The van der Waals surface area contributed by atoms with Gasteiger partial charge in [-0.25, -0.2) is 4.79 Å². The zero-order valence-electron chi connectivity index (χ0n) is 15.9. The first-order valence-corrected chi connectivity index (χ1v) is 12.5. The number of allylic oxidation sites excluding steroid dienone is 1. The Morgan fingerprint density at radius 2 is 1.86 bits per heavy atom. The van der Waals surface area contributed by atoms with Crippen LogP contribution in [0.5, 0.6) is 0 Å². The van der Waals surface area contributed by atoms with E-state index in [1.807, 2.05) is 6.92 Å². The van der Waals surface area contributed by atoms with Gasteiger partial charge in [-0.2, -0.15) is 0 Å². The van der Waals surface area contributed by atoms with Crippen LogP contribution in [0, 0.1) is 23.7 Å². The Kier molecular flexibility index (Phi) is 11.8. The molecule has 0 radical (unpaired) electrons. The fourth-order valence-corrected chi connectivity index (χ4v) is 6.10. The maximum atomic E-state index is 11.4. The van der Waals surface area contributed by atoms with Crippen molar-refractivity contribution in [2.45, 2.75) is 32.6 Å². The number of nitrogens with one attached hydrogen (secondary N) is 1. The maximum absolute atomic E-state index is 11.4. The highest BCUT2D eigenvalue weighted by molar-refractivity contribution is 8.33. The van der Waals surface area contributed by atoms with Gasteiger partial charge in [0.2, 0.25) is 0 Å². The topological polar surface area (TPSA) is 64.6 Å². The van der Waals surface area contributed by atoms with E-state index in [4.69, 9.17) is 9.47 Å². The highest BCUT2D eigenvalue weighted by Gasteiger charge is 2.17. The van der Waals surface area contributed by atoms with E-state index in [1.165, 1.54) is 8.47 Å². The molecule has 1 N–H and O–H groups in total. The number of rotatable bonds is 8. The number of thioether (sulfide) groups is 4. The Morgan fingerprint density at radius 1 is 1.03 bits per heavy atom. The smallest absolute Gasteiger partial charge is 0.407 e. The Hall–Kier alpha value is -1.52. The summed E-state index contributed by atoms with van der Waals surface area (Å²) in [5, 5.41) is 8.60. The van der Waals surface area contributed by atoms with Crippen LogP contribution in [0.15, 0.2) is 29.6 Å². The van der Waals surface area contributed by atoms with Crippen molar-refractivity contribution in [2.75, 3.05) is 19.8 Å². The summed E-state index contributed by atoms with van der Waals surface area (Å²) in [7, 11) is 0. The van der Waals surface area contributed by atoms with E-state index in [-0.39, 0.29) is 13.2 Å². The highest BCUT2D eigenvalue weighted by Crippen LogP contribution is 2.52. The minimum absolute atomic E-state index is 0.177. The van der Waals surface area contributed by atoms with Crippen LogP contribution in [-0.4, -0.2) is 31.8 Å². The number of esters is 1. The van der Waals surface area contributed by atoms with Crippen LogP contribution < -0.4 is 5.32 Å². The molecule has 0 atom stereocenters. The van der Waals surface area contributed by atoms with Gasteiger partial charge >= 0.3 is 12.1 Å². The van der Waals surface area contributed by atoms with Crippen molar-refractivity contribution >= 4 is 59.1 Å². The lowest BCUT2D eigenvalue weighted by atomic mass is 10.2. The average Bonchev–Trinajstić information content (AvgIpc) is 3.41. The summed E-state index contributed by atoms with van der Waals surface area (Å²) in [5.41, 5.74) is 0. The molecule has 0 aromatic carbocycles. The summed E-state index contributed by atoms with van der Waals surface area (Å²) in [5.74, 6) is 11.4. The molecular formula is C20H21NO4S4. The van der Waals surface area contributed by atoms with E-state index in [9.17, 15) is 9.59 Å². The van der Waals surface area contributed by atoms with Gasteiger partial charge in [-0.05, 0) is 53.2 Å². The second kappa shape index (κ2) is 14.5. The zero-order valence-corrected chi connectivity index (χ0v) is 19.2. The van der Waals surface area contributed by atoms with Crippen LogP contribution in [-0.2, 0) is 14.3 Å². The molecule has 2 heterocycles. The maximum Gasteiger partial charge on any atom is 0.407 e. The molecule has 0 aromatic rings. The van der Waals surface area contributed by atoms with Gasteiger partial charge in [0, 0.05) is 6.42 Å². The van der Waals surface area contributed by atoms with Crippen molar-refractivity contribution in [2.24, 2.45) is 0 Å². The summed E-state index contributed by atoms with van der Waals surface area (Å²) in [4.78, 5) is 23.7. The first-order chi connectivity index (χ1) is 14.2. The molecule has 0 aromatic heterocycles. The van der Waals surface area contributed by atoms with Crippen LogP contribution in [0.1, 0.15) is 32.6 Å². The number of carbonyl (C=O) groups excluding carboxylic acids is 2. The molecule has 1 amide bonds. The molecule has 0 aliphatic carbocycles. The molecule has 0 fully saturated rings. The summed E-state index contributed by atoms with van der Waals surface area (Å²) < 4.78 is 12.4. The second-order valence-corrected chi connectivity index (χ2v) is 9.78. The van der Waals surface area contributed by atoms with Crippen molar-refractivity contribution in [3.05, 3.63) is 29.6 Å². The molecule has 29 heavy (non-hydrogen) atoms. The van der Waals surface area contributed by atoms with Crippen molar-refractivity contribution in [3.8, 4) is 23.7 Å². The Morgan fingerprint density at radius 3 is 2.66 bits per heavy atom. The van der Waals surface area contributed by atoms with Crippen LogP contribution in [0.3, 0.4) is 0 Å². The molecular weight excluding hydrogens is 446 g/mol. The average molecular weight is 468 g/mol. The first-order valence-electron chi connectivity index (χ1n) is 9.01. The zero-order chi connectivity index (χ0) is 20.7. The van der Waals surface area contributed by atoms with Crippen molar-refractivity contribution in [3.63, 3.8) is 0 Å². The van der Waals surface area contributed by atoms with Crippen molar-refractivity contribution < 1.29 is 19.1 Å². The molecule has 0 spiro atoms. The number of alkyl carbamates (subject to hydrolysis) is 1. The molecule has 0 unspecified atom stereocenters. The van der Waals surface area contributed by atoms with E-state index in [0.717, 1.165) is 17.7 Å². The lowest BCUT2D eigenvalue weighted by Crippen LogP contribution is -2.31.